The number of nitrogens with two attached hydrogens (primary N) is 1. The largest absolute Gasteiger partial charge is 0.486 e. The number of benzene rings is 2. The molecule has 3 rings (SSSR count). The van der Waals surface area contributed by atoms with Crippen LogP contribution in [0.15, 0.2) is 48.5 Å². The van der Waals surface area contributed by atoms with E-state index in [2.05, 4.69) is 5.32 Å². The highest BCUT2D eigenvalue weighted by molar-refractivity contribution is 5.87. The Morgan fingerprint density at radius 2 is 1.77 bits per heavy atom. The summed E-state index contributed by atoms with van der Waals surface area (Å²) in [4.78, 5) is 12.7. The van der Waals surface area contributed by atoms with Gasteiger partial charge in [0, 0.05) is 12.6 Å². The van der Waals surface area contributed by atoms with Crippen LogP contribution in [0, 0.1) is 0 Å². The number of carbonyl (C=O) groups excluding carboxylic acids is 1. The van der Waals surface area contributed by atoms with Gasteiger partial charge in [0.15, 0.2) is 11.5 Å². The van der Waals surface area contributed by atoms with Gasteiger partial charge in [-0.15, -0.1) is 12.4 Å². The molecule has 1 amide bonds. The minimum absolute atomic E-state index is 0. The molecule has 1 heterocycles. The SMILES string of the molecule is CC(C)(C(=O)NCC(N)c1ccccc1)c1ccc2c(c1)OCCO2.Cl. The fourth-order valence-corrected chi connectivity index (χ4v) is 2.80. The van der Waals surface area contributed by atoms with E-state index in [9.17, 15) is 4.79 Å². The maximum absolute atomic E-state index is 12.7. The van der Waals surface area contributed by atoms with Crippen LogP contribution in [-0.4, -0.2) is 25.7 Å². The molecule has 0 bridgehead atoms. The zero-order valence-corrected chi connectivity index (χ0v) is 15.8. The lowest BCUT2D eigenvalue weighted by Gasteiger charge is -2.27. The van der Waals surface area contributed by atoms with Crippen LogP contribution < -0.4 is 20.5 Å². The van der Waals surface area contributed by atoms with Gasteiger partial charge >= 0.3 is 0 Å². The molecular formula is C20H25ClN2O3. The number of amides is 1. The summed E-state index contributed by atoms with van der Waals surface area (Å²) < 4.78 is 11.2. The van der Waals surface area contributed by atoms with Crippen LogP contribution in [0.4, 0.5) is 0 Å². The molecule has 0 aliphatic carbocycles. The molecule has 2 aromatic carbocycles. The molecule has 140 valence electrons. The Labute approximate surface area is 160 Å². The molecule has 1 unspecified atom stereocenters. The molecule has 1 aliphatic rings. The number of carbonyl (C=O) groups is 1. The number of rotatable bonds is 5. The lowest BCUT2D eigenvalue weighted by atomic mass is 9.83. The molecule has 2 aromatic rings. The lowest BCUT2D eigenvalue weighted by molar-refractivity contribution is -0.125. The first-order chi connectivity index (χ1) is 12.0. The summed E-state index contributed by atoms with van der Waals surface area (Å²) in [6.07, 6.45) is 0. The van der Waals surface area contributed by atoms with Crippen LogP contribution >= 0.6 is 12.4 Å². The molecule has 0 fully saturated rings. The van der Waals surface area contributed by atoms with Crippen molar-refractivity contribution in [2.45, 2.75) is 25.3 Å². The minimum atomic E-state index is -0.702. The van der Waals surface area contributed by atoms with E-state index in [1.54, 1.807) is 0 Å². The number of hydrogen-bond acceptors (Lipinski definition) is 4. The van der Waals surface area contributed by atoms with Gasteiger partial charge in [-0.1, -0.05) is 36.4 Å². The van der Waals surface area contributed by atoms with E-state index in [1.807, 2.05) is 62.4 Å². The van der Waals surface area contributed by atoms with Crippen molar-refractivity contribution in [3.05, 3.63) is 59.7 Å². The molecule has 0 saturated heterocycles. The van der Waals surface area contributed by atoms with Crippen molar-refractivity contribution < 1.29 is 14.3 Å². The maximum atomic E-state index is 12.7. The van der Waals surface area contributed by atoms with Gasteiger partial charge in [0.2, 0.25) is 5.91 Å². The highest BCUT2D eigenvalue weighted by Gasteiger charge is 2.31. The van der Waals surface area contributed by atoms with E-state index in [0.29, 0.717) is 25.5 Å². The van der Waals surface area contributed by atoms with Gasteiger partial charge in [0.1, 0.15) is 13.2 Å². The second-order valence-corrected chi connectivity index (χ2v) is 6.71. The average molecular weight is 377 g/mol. The Morgan fingerprint density at radius 1 is 1.12 bits per heavy atom. The summed E-state index contributed by atoms with van der Waals surface area (Å²) in [5.74, 6) is 1.33. The second-order valence-electron chi connectivity index (χ2n) is 6.71. The molecule has 1 atom stereocenters. The summed E-state index contributed by atoms with van der Waals surface area (Å²) in [6.45, 7) is 5.24. The van der Waals surface area contributed by atoms with E-state index < -0.39 is 5.41 Å². The monoisotopic (exact) mass is 376 g/mol. The maximum Gasteiger partial charge on any atom is 0.230 e. The van der Waals surface area contributed by atoms with Crippen molar-refractivity contribution in [3.63, 3.8) is 0 Å². The fourth-order valence-electron chi connectivity index (χ4n) is 2.80. The molecule has 5 nitrogen and oxygen atoms in total. The predicted octanol–water partition coefficient (Wildman–Crippen LogP) is 2.97. The Hall–Kier alpha value is -2.24. The fraction of sp³-hybridized carbons (Fsp3) is 0.350. The third-order valence-electron chi connectivity index (χ3n) is 4.54. The van der Waals surface area contributed by atoms with Crippen molar-refractivity contribution in [2.75, 3.05) is 19.8 Å². The number of hydrogen-bond donors (Lipinski definition) is 2. The summed E-state index contributed by atoms with van der Waals surface area (Å²) in [5.41, 5.74) is 7.34. The molecule has 26 heavy (non-hydrogen) atoms. The number of ether oxygens (including phenoxy) is 2. The molecule has 1 aliphatic heterocycles. The molecule has 0 spiro atoms. The zero-order valence-electron chi connectivity index (χ0n) is 15.0. The summed E-state index contributed by atoms with van der Waals surface area (Å²) in [5, 5.41) is 2.96. The van der Waals surface area contributed by atoms with Gasteiger partial charge in [0.25, 0.3) is 0 Å². The van der Waals surface area contributed by atoms with E-state index in [4.69, 9.17) is 15.2 Å². The van der Waals surface area contributed by atoms with Crippen LogP contribution in [0.5, 0.6) is 11.5 Å². The minimum Gasteiger partial charge on any atom is -0.486 e. The second kappa shape index (κ2) is 8.43. The summed E-state index contributed by atoms with van der Waals surface area (Å²) in [7, 11) is 0. The highest BCUT2D eigenvalue weighted by atomic mass is 35.5. The topological polar surface area (TPSA) is 73.6 Å². The first kappa shape index (κ1) is 20.1. The third kappa shape index (κ3) is 4.29. The van der Waals surface area contributed by atoms with Crippen molar-refractivity contribution in [1.29, 1.82) is 0 Å². The number of fused-ring (bicyclic) bond motifs is 1. The van der Waals surface area contributed by atoms with Crippen LogP contribution in [-0.2, 0) is 10.2 Å². The van der Waals surface area contributed by atoms with Crippen LogP contribution in [0.2, 0.25) is 0 Å². The molecular weight excluding hydrogens is 352 g/mol. The highest BCUT2D eigenvalue weighted by Crippen LogP contribution is 2.35. The number of nitrogens with one attached hydrogen (secondary N) is 1. The van der Waals surface area contributed by atoms with Gasteiger partial charge in [-0.2, -0.15) is 0 Å². The van der Waals surface area contributed by atoms with Crippen molar-refractivity contribution >= 4 is 18.3 Å². The number of halogens is 1. The lowest BCUT2D eigenvalue weighted by Crippen LogP contribution is -2.42. The van der Waals surface area contributed by atoms with Crippen molar-refractivity contribution in [2.24, 2.45) is 5.73 Å². The van der Waals surface area contributed by atoms with E-state index in [1.165, 1.54) is 0 Å². The van der Waals surface area contributed by atoms with Gasteiger partial charge < -0.3 is 20.5 Å². The Balaban J connectivity index is 0.00000243. The van der Waals surface area contributed by atoms with Crippen molar-refractivity contribution in [3.8, 4) is 11.5 Å². The average Bonchev–Trinajstić information content (AvgIpc) is 2.66. The van der Waals surface area contributed by atoms with Crippen molar-refractivity contribution in [1.82, 2.24) is 5.32 Å². The molecule has 0 saturated carbocycles. The molecule has 0 radical (unpaired) electrons. The molecule has 6 heteroatoms. The quantitative estimate of drug-likeness (QED) is 0.841. The standard InChI is InChI=1S/C20H24N2O3.ClH/c1-20(2,15-8-9-17-18(12-15)25-11-10-24-17)19(23)22-13-16(21)14-6-4-3-5-7-14;/h3-9,12,16H,10-11,13,21H2,1-2H3,(H,22,23);1H. The van der Waals surface area contributed by atoms with E-state index in [-0.39, 0.29) is 24.4 Å². The molecule has 0 aromatic heterocycles. The third-order valence-corrected chi connectivity index (χ3v) is 4.54. The van der Waals surface area contributed by atoms with E-state index in [0.717, 1.165) is 16.9 Å². The zero-order chi connectivity index (χ0) is 17.9. The Bertz CT molecular complexity index is 750. The normalized spacial score (nSPS) is 14.1. The van der Waals surface area contributed by atoms with Crippen LogP contribution in [0.1, 0.15) is 31.0 Å². The van der Waals surface area contributed by atoms with E-state index >= 15 is 0 Å². The predicted molar refractivity (Wildman–Crippen MR) is 104 cm³/mol. The van der Waals surface area contributed by atoms with Gasteiger partial charge in [-0.25, -0.2) is 0 Å². The van der Waals surface area contributed by atoms with Gasteiger partial charge in [0.05, 0.1) is 5.41 Å². The first-order valence-electron chi connectivity index (χ1n) is 8.47. The summed E-state index contributed by atoms with van der Waals surface area (Å²) >= 11 is 0. The molecule has 3 N–H and O–H groups in total. The Morgan fingerprint density at radius 3 is 2.46 bits per heavy atom. The first-order valence-corrected chi connectivity index (χ1v) is 8.47. The van der Waals surface area contributed by atoms with Gasteiger partial charge in [-0.05, 0) is 37.1 Å². The summed E-state index contributed by atoms with van der Waals surface area (Å²) in [6, 6.07) is 15.2. The smallest absolute Gasteiger partial charge is 0.230 e. The van der Waals surface area contributed by atoms with Gasteiger partial charge in [-0.3, -0.25) is 4.79 Å². The Kier molecular flexibility index (Phi) is 6.51. The van der Waals surface area contributed by atoms with Crippen LogP contribution in [0.25, 0.3) is 0 Å². The van der Waals surface area contributed by atoms with Crippen LogP contribution in [0.3, 0.4) is 0 Å².